The van der Waals surface area contributed by atoms with Crippen LogP contribution in [0.15, 0.2) is 41.2 Å². The number of aromatic nitrogens is 2. The number of rotatable bonds is 5. The number of aromatic amines is 2. The second-order valence-electron chi connectivity index (χ2n) is 6.12. The molecule has 1 aliphatic rings. The van der Waals surface area contributed by atoms with Crippen LogP contribution in [0.25, 0.3) is 11.0 Å². The van der Waals surface area contributed by atoms with Gasteiger partial charge in [0, 0.05) is 12.1 Å². The molecular formula is C18H17N3O4. The molecule has 0 atom stereocenters. The number of imidazole rings is 1. The van der Waals surface area contributed by atoms with Crippen molar-refractivity contribution in [2.45, 2.75) is 6.54 Å². The van der Waals surface area contributed by atoms with Gasteiger partial charge in [-0.2, -0.15) is 0 Å². The Morgan fingerprint density at radius 1 is 1.08 bits per heavy atom. The molecule has 2 heterocycles. The fourth-order valence-corrected chi connectivity index (χ4v) is 2.95. The van der Waals surface area contributed by atoms with Crippen molar-refractivity contribution in [3.8, 4) is 11.5 Å². The normalized spacial score (nSPS) is 12.9. The van der Waals surface area contributed by atoms with Gasteiger partial charge >= 0.3 is 5.69 Å². The Morgan fingerprint density at radius 3 is 2.76 bits per heavy atom. The SMILES string of the molecule is CN(CC(=O)c1ccc2[nH]c(=O)[nH]c2c1)Cc1ccc2c(c1)OCO2. The molecule has 7 heteroatoms. The van der Waals surface area contributed by atoms with E-state index in [1.807, 2.05) is 30.1 Å². The van der Waals surface area contributed by atoms with Crippen LogP contribution in [-0.2, 0) is 6.54 Å². The third kappa shape index (κ3) is 3.14. The Balaban J connectivity index is 1.44. The number of Topliss-reactive ketones (excluding diaryl/α,β-unsaturated/α-hetero) is 1. The summed E-state index contributed by atoms with van der Waals surface area (Å²) in [6.07, 6.45) is 0. The first-order valence-electron chi connectivity index (χ1n) is 7.91. The lowest BCUT2D eigenvalue weighted by atomic mass is 10.1. The Morgan fingerprint density at radius 2 is 1.88 bits per heavy atom. The minimum atomic E-state index is -0.278. The average molecular weight is 339 g/mol. The van der Waals surface area contributed by atoms with Gasteiger partial charge in [-0.05, 0) is 42.9 Å². The number of ether oxygens (including phenoxy) is 2. The molecule has 0 spiro atoms. The first-order valence-corrected chi connectivity index (χ1v) is 7.91. The van der Waals surface area contributed by atoms with Crippen LogP contribution in [0, 0.1) is 0 Å². The van der Waals surface area contributed by atoms with Gasteiger partial charge < -0.3 is 19.4 Å². The van der Waals surface area contributed by atoms with Crippen LogP contribution < -0.4 is 15.2 Å². The quantitative estimate of drug-likeness (QED) is 0.693. The molecule has 7 nitrogen and oxygen atoms in total. The van der Waals surface area contributed by atoms with Crippen LogP contribution in [-0.4, -0.2) is 41.0 Å². The number of nitrogens with zero attached hydrogens (tertiary/aromatic N) is 1. The molecule has 0 saturated carbocycles. The molecule has 0 unspecified atom stereocenters. The molecule has 1 aromatic heterocycles. The summed E-state index contributed by atoms with van der Waals surface area (Å²) < 4.78 is 10.7. The van der Waals surface area contributed by atoms with Crippen LogP contribution >= 0.6 is 0 Å². The van der Waals surface area contributed by atoms with E-state index in [9.17, 15) is 9.59 Å². The van der Waals surface area contributed by atoms with Gasteiger partial charge in [-0.25, -0.2) is 4.79 Å². The summed E-state index contributed by atoms with van der Waals surface area (Å²) in [6, 6.07) is 10.9. The summed E-state index contributed by atoms with van der Waals surface area (Å²) in [5.74, 6) is 1.47. The van der Waals surface area contributed by atoms with Crippen molar-refractivity contribution in [2.24, 2.45) is 0 Å². The lowest BCUT2D eigenvalue weighted by Gasteiger charge is -2.16. The van der Waals surface area contributed by atoms with Crippen molar-refractivity contribution >= 4 is 16.8 Å². The fourth-order valence-electron chi connectivity index (χ4n) is 2.95. The third-order valence-electron chi connectivity index (χ3n) is 4.14. The van der Waals surface area contributed by atoms with Crippen molar-refractivity contribution < 1.29 is 14.3 Å². The zero-order valence-electron chi connectivity index (χ0n) is 13.7. The molecule has 0 saturated heterocycles. The third-order valence-corrected chi connectivity index (χ3v) is 4.14. The largest absolute Gasteiger partial charge is 0.454 e. The zero-order valence-corrected chi connectivity index (χ0v) is 13.7. The van der Waals surface area contributed by atoms with Gasteiger partial charge in [0.25, 0.3) is 0 Å². The molecule has 0 amide bonds. The zero-order chi connectivity index (χ0) is 17.4. The predicted molar refractivity (Wildman–Crippen MR) is 92.1 cm³/mol. The molecule has 0 bridgehead atoms. The van der Waals surface area contributed by atoms with Gasteiger partial charge in [-0.1, -0.05) is 6.07 Å². The number of carbonyl (C=O) groups is 1. The fraction of sp³-hybridized carbons (Fsp3) is 0.222. The number of benzene rings is 2. The van der Waals surface area contributed by atoms with Crippen molar-refractivity contribution in [1.82, 2.24) is 14.9 Å². The molecule has 4 rings (SSSR count). The Bertz CT molecular complexity index is 1000. The molecule has 2 N–H and O–H groups in total. The molecule has 0 aliphatic carbocycles. The molecule has 25 heavy (non-hydrogen) atoms. The van der Waals surface area contributed by atoms with E-state index in [2.05, 4.69) is 9.97 Å². The van der Waals surface area contributed by atoms with Gasteiger partial charge in [-0.3, -0.25) is 9.69 Å². The highest BCUT2D eigenvalue weighted by Crippen LogP contribution is 2.32. The summed E-state index contributed by atoms with van der Waals surface area (Å²) in [5, 5.41) is 0. The van der Waals surface area contributed by atoms with E-state index in [0.29, 0.717) is 23.1 Å². The van der Waals surface area contributed by atoms with Crippen molar-refractivity contribution in [2.75, 3.05) is 20.4 Å². The second-order valence-corrected chi connectivity index (χ2v) is 6.12. The van der Waals surface area contributed by atoms with Gasteiger partial charge in [0.05, 0.1) is 17.6 Å². The van der Waals surface area contributed by atoms with Crippen LogP contribution in [0.2, 0.25) is 0 Å². The van der Waals surface area contributed by atoms with E-state index in [-0.39, 0.29) is 24.8 Å². The Labute approximate surface area is 143 Å². The van der Waals surface area contributed by atoms with Crippen molar-refractivity contribution in [1.29, 1.82) is 0 Å². The van der Waals surface area contributed by atoms with Gasteiger partial charge in [0.15, 0.2) is 17.3 Å². The van der Waals surface area contributed by atoms with Crippen LogP contribution in [0.3, 0.4) is 0 Å². The topological polar surface area (TPSA) is 87.4 Å². The average Bonchev–Trinajstić information content (AvgIpc) is 3.18. The number of hydrogen-bond donors (Lipinski definition) is 2. The first-order chi connectivity index (χ1) is 12.1. The van der Waals surface area contributed by atoms with E-state index in [0.717, 1.165) is 17.1 Å². The maximum Gasteiger partial charge on any atom is 0.323 e. The minimum absolute atomic E-state index is 0.00723. The summed E-state index contributed by atoms with van der Waals surface area (Å²) in [7, 11) is 1.89. The molecule has 128 valence electrons. The van der Waals surface area contributed by atoms with E-state index >= 15 is 0 Å². The van der Waals surface area contributed by atoms with Crippen LogP contribution in [0.4, 0.5) is 0 Å². The number of ketones is 1. The van der Waals surface area contributed by atoms with Gasteiger partial charge in [-0.15, -0.1) is 0 Å². The number of fused-ring (bicyclic) bond motifs is 2. The van der Waals surface area contributed by atoms with E-state index in [4.69, 9.17) is 9.47 Å². The van der Waals surface area contributed by atoms with Crippen molar-refractivity contribution in [3.63, 3.8) is 0 Å². The Kier molecular flexibility index (Phi) is 3.77. The molecule has 2 aromatic carbocycles. The van der Waals surface area contributed by atoms with Gasteiger partial charge in [0.1, 0.15) is 0 Å². The maximum atomic E-state index is 12.5. The summed E-state index contributed by atoms with van der Waals surface area (Å²) in [4.78, 5) is 31.1. The van der Waals surface area contributed by atoms with E-state index in [1.165, 1.54) is 0 Å². The molecule has 0 fully saturated rings. The number of H-pyrrole nitrogens is 2. The minimum Gasteiger partial charge on any atom is -0.454 e. The standard InChI is InChI=1S/C18H17N3O4/c1-21(8-11-2-5-16-17(6-11)25-10-24-16)9-15(22)12-3-4-13-14(7-12)20-18(23)19-13/h2-7H,8-10H2,1H3,(H2,19,20,23). The maximum absolute atomic E-state index is 12.5. The summed E-state index contributed by atoms with van der Waals surface area (Å²) in [6.45, 7) is 1.14. The highest BCUT2D eigenvalue weighted by molar-refractivity contribution is 6.00. The lowest BCUT2D eigenvalue weighted by Crippen LogP contribution is -2.25. The van der Waals surface area contributed by atoms with Crippen LogP contribution in [0.1, 0.15) is 15.9 Å². The number of carbonyl (C=O) groups excluding carboxylic acids is 1. The Hall–Kier alpha value is -3.06. The molecular weight excluding hydrogens is 322 g/mol. The molecule has 0 radical (unpaired) electrons. The predicted octanol–water partition coefficient (Wildman–Crippen LogP) is 1.90. The molecule has 1 aliphatic heterocycles. The smallest absolute Gasteiger partial charge is 0.323 e. The number of likely N-dealkylation sites (N-methyl/N-ethyl adjacent to an activating group) is 1. The highest BCUT2D eigenvalue weighted by Gasteiger charge is 2.15. The van der Waals surface area contributed by atoms with E-state index in [1.54, 1.807) is 18.2 Å². The monoisotopic (exact) mass is 339 g/mol. The van der Waals surface area contributed by atoms with Crippen molar-refractivity contribution in [3.05, 3.63) is 58.0 Å². The van der Waals surface area contributed by atoms with E-state index < -0.39 is 0 Å². The number of hydrogen-bond acceptors (Lipinski definition) is 5. The van der Waals surface area contributed by atoms with Crippen LogP contribution in [0.5, 0.6) is 11.5 Å². The summed E-state index contributed by atoms with van der Waals surface area (Å²) >= 11 is 0. The van der Waals surface area contributed by atoms with Gasteiger partial charge in [0.2, 0.25) is 6.79 Å². The molecule has 3 aromatic rings. The lowest BCUT2D eigenvalue weighted by molar-refractivity contribution is 0.0943. The summed E-state index contributed by atoms with van der Waals surface area (Å²) in [5.41, 5.74) is 2.66. The number of nitrogens with one attached hydrogen (secondary N) is 2. The highest BCUT2D eigenvalue weighted by atomic mass is 16.7. The second kappa shape index (κ2) is 6.10. The first kappa shape index (κ1) is 15.5.